The minimum absolute atomic E-state index is 0.00422. The number of carbonyl (C=O) groups is 2. The first kappa shape index (κ1) is 25.0. The molecule has 3 N–H and O–H groups in total. The number of alkyl halides is 3. The number of benzene rings is 1. The Balaban J connectivity index is 1.66. The molecule has 36 heavy (non-hydrogen) atoms. The van der Waals surface area contributed by atoms with Crippen LogP contribution in [-0.2, 0) is 15.8 Å². The SMILES string of the molecule is C=CC(=O)Nc1cc(C2=CCC=C2)ccc1Nc1nc(N[C@@H]2CCN(C(C)=O)C2)ncc1C(F)(F)F. The average molecular weight is 499 g/mol. The summed E-state index contributed by atoms with van der Waals surface area (Å²) in [5.41, 5.74) is 1.17. The van der Waals surface area contributed by atoms with Crippen molar-refractivity contribution in [3.05, 3.63) is 66.4 Å². The highest BCUT2D eigenvalue weighted by Gasteiger charge is 2.36. The molecule has 2 amide bonds. The summed E-state index contributed by atoms with van der Waals surface area (Å²) in [5, 5.41) is 8.38. The van der Waals surface area contributed by atoms with E-state index < -0.39 is 23.5 Å². The van der Waals surface area contributed by atoms with Gasteiger partial charge in [-0.3, -0.25) is 9.59 Å². The summed E-state index contributed by atoms with van der Waals surface area (Å²) < 4.78 is 41.3. The Kier molecular flexibility index (Phi) is 7.09. The third-order valence-electron chi connectivity index (χ3n) is 5.88. The number of nitrogens with zero attached hydrogens (tertiary/aromatic N) is 3. The molecule has 0 spiro atoms. The molecule has 2 aromatic rings. The minimum atomic E-state index is -4.72. The number of aromatic nitrogens is 2. The van der Waals surface area contributed by atoms with E-state index >= 15 is 0 Å². The molecule has 0 radical (unpaired) electrons. The van der Waals surface area contributed by atoms with Gasteiger partial charge < -0.3 is 20.9 Å². The number of nitrogens with one attached hydrogen (secondary N) is 3. The second-order valence-electron chi connectivity index (χ2n) is 8.42. The number of anilines is 4. The van der Waals surface area contributed by atoms with Crippen molar-refractivity contribution < 1.29 is 22.8 Å². The van der Waals surface area contributed by atoms with Crippen molar-refractivity contribution in [2.24, 2.45) is 0 Å². The van der Waals surface area contributed by atoms with Crippen molar-refractivity contribution in [2.75, 3.05) is 29.0 Å². The summed E-state index contributed by atoms with van der Waals surface area (Å²) >= 11 is 0. The molecule has 4 rings (SSSR count). The summed E-state index contributed by atoms with van der Waals surface area (Å²) in [6.45, 7) is 5.85. The van der Waals surface area contributed by atoms with E-state index in [1.165, 1.54) is 6.92 Å². The highest BCUT2D eigenvalue weighted by Crippen LogP contribution is 2.37. The van der Waals surface area contributed by atoms with Crippen LogP contribution in [0.5, 0.6) is 0 Å². The fourth-order valence-corrected chi connectivity index (χ4v) is 4.02. The quantitative estimate of drug-likeness (QED) is 0.477. The topological polar surface area (TPSA) is 99.2 Å². The maximum Gasteiger partial charge on any atom is 0.421 e. The number of rotatable bonds is 7. The molecule has 1 aliphatic heterocycles. The largest absolute Gasteiger partial charge is 0.421 e. The van der Waals surface area contributed by atoms with Crippen LogP contribution in [0.1, 0.15) is 30.9 Å². The lowest BCUT2D eigenvalue weighted by atomic mass is 10.1. The van der Waals surface area contributed by atoms with Crippen LogP contribution in [0.15, 0.2) is 55.3 Å². The molecule has 8 nitrogen and oxygen atoms in total. The van der Waals surface area contributed by atoms with Crippen LogP contribution in [0.4, 0.5) is 36.3 Å². The van der Waals surface area contributed by atoms with Crippen LogP contribution in [0.2, 0.25) is 0 Å². The van der Waals surface area contributed by atoms with Crippen LogP contribution < -0.4 is 16.0 Å². The molecule has 0 bridgehead atoms. The van der Waals surface area contributed by atoms with E-state index in [9.17, 15) is 22.8 Å². The van der Waals surface area contributed by atoms with Crippen molar-refractivity contribution in [3.8, 4) is 0 Å². The van der Waals surface area contributed by atoms with E-state index in [1.54, 1.807) is 23.1 Å². The Morgan fingerprint density at radius 1 is 1.25 bits per heavy atom. The van der Waals surface area contributed by atoms with E-state index in [2.05, 4.69) is 32.5 Å². The second-order valence-corrected chi connectivity index (χ2v) is 8.42. The van der Waals surface area contributed by atoms with Crippen molar-refractivity contribution >= 4 is 40.5 Å². The van der Waals surface area contributed by atoms with Gasteiger partial charge in [-0.05, 0) is 42.2 Å². The summed E-state index contributed by atoms with van der Waals surface area (Å²) in [6.07, 6.45) is 4.38. The van der Waals surface area contributed by atoms with Crippen LogP contribution in [-0.4, -0.2) is 45.8 Å². The van der Waals surface area contributed by atoms with Crippen molar-refractivity contribution in [3.63, 3.8) is 0 Å². The molecule has 2 heterocycles. The van der Waals surface area contributed by atoms with Gasteiger partial charge in [0.05, 0.1) is 11.4 Å². The summed E-state index contributed by atoms with van der Waals surface area (Å²) in [4.78, 5) is 33.2. The fourth-order valence-electron chi connectivity index (χ4n) is 4.02. The van der Waals surface area contributed by atoms with Gasteiger partial charge in [0.1, 0.15) is 11.4 Å². The van der Waals surface area contributed by atoms with Crippen molar-refractivity contribution in [1.29, 1.82) is 0 Å². The molecule has 1 aliphatic carbocycles. The lowest BCUT2D eigenvalue weighted by Gasteiger charge is -2.19. The van der Waals surface area contributed by atoms with Gasteiger partial charge in [-0.15, -0.1) is 0 Å². The van der Waals surface area contributed by atoms with Gasteiger partial charge in [-0.1, -0.05) is 30.9 Å². The number of halogens is 3. The Morgan fingerprint density at radius 3 is 2.69 bits per heavy atom. The molecular weight excluding hydrogens is 473 g/mol. The van der Waals surface area contributed by atoms with Crippen LogP contribution >= 0.6 is 0 Å². The molecule has 1 aromatic carbocycles. The number of hydrogen-bond acceptors (Lipinski definition) is 6. The number of hydrogen-bond donors (Lipinski definition) is 3. The standard InChI is InChI=1S/C25H25F3N6O2/c1-3-22(36)31-21-12-17(16-6-4-5-7-16)8-9-20(21)32-23-19(25(26,27)28)13-29-24(33-23)30-18-10-11-34(14-18)15(2)35/h3-4,6-9,12-13,18H,1,5,10-11,14H2,2H3,(H,31,36)(H2,29,30,32,33)/t18-/m1/s1. The zero-order valence-electron chi connectivity index (χ0n) is 19.5. The maximum atomic E-state index is 13.8. The molecule has 1 atom stereocenters. The number of amides is 2. The first-order valence-electron chi connectivity index (χ1n) is 11.3. The van der Waals surface area contributed by atoms with E-state index in [-0.39, 0.29) is 29.3 Å². The van der Waals surface area contributed by atoms with Gasteiger partial charge in [-0.25, -0.2) is 4.98 Å². The molecular formula is C25H25F3N6O2. The Hall–Kier alpha value is -4.15. The van der Waals surface area contributed by atoms with Crippen LogP contribution in [0, 0.1) is 0 Å². The Labute approximate surface area is 206 Å². The maximum absolute atomic E-state index is 13.8. The van der Waals surface area contributed by atoms with Crippen molar-refractivity contribution in [1.82, 2.24) is 14.9 Å². The molecule has 188 valence electrons. The molecule has 2 aliphatic rings. The highest BCUT2D eigenvalue weighted by molar-refractivity contribution is 6.02. The second kappa shape index (κ2) is 10.2. The number of likely N-dealkylation sites (tertiary alicyclic amines) is 1. The van der Waals surface area contributed by atoms with Gasteiger partial charge >= 0.3 is 6.18 Å². The summed E-state index contributed by atoms with van der Waals surface area (Å²) in [7, 11) is 0. The van der Waals surface area contributed by atoms with Crippen molar-refractivity contribution in [2.45, 2.75) is 32.0 Å². The zero-order valence-corrected chi connectivity index (χ0v) is 19.5. The molecule has 1 saturated heterocycles. The molecule has 1 fully saturated rings. The third-order valence-corrected chi connectivity index (χ3v) is 5.88. The third kappa shape index (κ3) is 5.73. The van der Waals surface area contributed by atoms with E-state index in [0.717, 1.165) is 23.6 Å². The van der Waals surface area contributed by atoms with Gasteiger partial charge in [0, 0.05) is 32.3 Å². The van der Waals surface area contributed by atoms with Gasteiger partial charge in [0.2, 0.25) is 17.8 Å². The lowest BCUT2D eigenvalue weighted by Crippen LogP contribution is -2.30. The predicted molar refractivity (Wildman–Crippen MR) is 132 cm³/mol. The molecule has 1 aromatic heterocycles. The van der Waals surface area contributed by atoms with Crippen LogP contribution in [0.3, 0.4) is 0 Å². The van der Waals surface area contributed by atoms with E-state index in [1.807, 2.05) is 18.2 Å². The summed E-state index contributed by atoms with van der Waals surface area (Å²) in [6, 6.07) is 4.81. The molecule has 11 heteroatoms. The molecule has 0 unspecified atom stereocenters. The fraction of sp³-hybridized carbons (Fsp3) is 0.280. The van der Waals surface area contributed by atoms with E-state index in [4.69, 9.17) is 0 Å². The first-order chi connectivity index (χ1) is 17.1. The monoisotopic (exact) mass is 498 g/mol. The summed E-state index contributed by atoms with van der Waals surface area (Å²) in [5.74, 6) is -1.06. The predicted octanol–water partition coefficient (Wildman–Crippen LogP) is 4.74. The smallest absolute Gasteiger partial charge is 0.350 e. The first-order valence-corrected chi connectivity index (χ1v) is 11.3. The number of allylic oxidation sites excluding steroid dienone is 4. The Morgan fingerprint density at radius 2 is 2.06 bits per heavy atom. The molecule has 0 saturated carbocycles. The van der Waals surface area contributed by atoms with Gasteiger partial charge in [0.15, 0.2) is 0 Å². The van der Waals surface area contributed by atoms with Gasteiger partial charge in [-0.2, -0.15) is 18.2 Å². The van der Waals surface area contributed by atoms with Crippen LogP contribution in [0.25, 0.3) is 5.57 Å². The average Bonchev–Trinajstić information content (AvgIpc) is 3.52. The van der Waals surface area contributed by atoms with E-state index in [0.29, 0.717) is 25.7 Å². The highest BCUT2D eigenvalue weighted by atomic mass is 19.4. The minimum Gasteiger partial charge on any atom is -0.350 e. The zero-order chi connectivity index (χ0) is 25.9. The Bertz CT molecular complexity index is 1250. The lowest BCUT2D eigenvalue weighted by molar-refractivity contribution is -0.137. The van der Waals surface area contributed by atoms with Gasteiger partial charge in [0.25, 0.3) is 0 Å². The number of carbonyl (C=O) groups excluding carboxylic acids is 2. The normalized spacial score (nSPS) is 17.1.